The van der Waals surface area contributed by atoms with Crippen LogP contribution in [0.5, 0.6) is 5.75 Å². The summed E-state index contributed by atoms with van der Waals surface area (Å²) < 4.78 is 39.1. The predicted octanol–water partition coefficient (Wildman–Crippen LogP) is 3.08. The first-order valence-corrected chi connectivity index (χ1v) is 11.2. The molecule has 4 rings (SSSR count). The summed E-state index contributed by atoms with van der Waals surface area (Å²) in [4.78, 5) is 0.251. The van der Waals surface area contributed by atoms with Gasteiger partial charge in [-0.05, 0) is 48.4 Å². The van der Waals surface area contributed by atoms with E-state index in [1.54, 1.807) is 30.5 Å². The number of benzene rings is 2. The summed E-state index contributed by atoms with van der Waals surface area (Å²) in [6, 6.07) is 18.6. The third-order valence-electron chi connectivity index (χ3n) is 4.62. The van der Waals surface area contributed by atoms with Gasteiger partial charge in [0, 0.05) is 18.7 Å². The normalized spacial score (nSPS) is 14.2. The molecule has 0 amide bonds. The Hall–Kier alpha value is -3.10. The van der Waals surface area contributed by atoms with Gasteiger partial charge in [-0.2, -0.15) is 8.42 Å². The Kier molecular flexibility index (Phi) is 6.15. The van der Waals surface area contributed by atoms with E-state index in [1.807, 2.05) is 36.4 Å². The van der Waals surface area contributed by atoms with E-state index in [1.165, 1.54) is 0 Å². The van der Waals surface area contributed by atoms with E-state index in [2.05, 4.69) is 15.0 Å². The van der Waals surface area contributed by atoms with Crippen LogP contribution in [0.2, 0.25) is 0 Å². The van der Waals surface area contributed by atoms with Crippen LogP contribution in [-0.4, -0.2) is 27.4 Å². The lowest BCUT2D eigenvalue weighted by atomic mass is 10.2. The topological polar surface area (TPSA) is 92.9 Å². The van der Waals surface area contributed by atoms with Crippen molar-refractivity contribution >= 4 is 15.9 Å². The van der Waals surface area contributed by atoms with Crippen LogP contribution in [0.3, 0.4) is 0 Å². The van der Waals surface area contributed by atoms with Gasteiger partial charge < -0.3 is 19.8 Å². The average molecular weight is 426 g/mol. The molecule has 0 saturated carbocycles. The molecule has 0 bridgehead atoms. The molecule has 8 heteroatoms. The first-order valence-electron chi connectivity index (χ1n) is 9.75. The van der Waals surface area contributed by atoms with Crippen molar-refractivity contribution < 1.29 is 17.6 Å². The maximum Gasteiger partial charge on any atom is 0.285 e. The Balaban J connectivity index is 1.21. The molecule has 1 aliphatic rings. The molecule has 3 aromatic rings. The smallest absolute Gasteiger partial charge is 0.285 e. The summed E-state index contributed by atoms with van der Waals surface area (Å²) in [5.74, 6) is 2.10. The van der Waals surface area contributed by atoms with E-state index in [4.69, 9.17) is 9.15 Å². The fourth-order valence-electron chi connectivity index (χ4n) is 3.19. The highest BCUT2D eigenvalue weighted by Gasteiger charge is 2.27. The maximum atomic E-state index is 12.0. The van der Waals surface area contributed by atoms with Gasteiger partial charge in [0.1, 0.15) is 22.2 Å². The van der Waals surface area contributed by atoms with Gasteiger partial charge in [0.15, 0.2) is 0 Å². The van der Waals surface area contributed by atoms with Gasteiger partial charge >= 0.3 is 0 Å². The van der Waals surface area contributed by atoms with Gasteiger partial charge in [-0.1, -0.05) is 24.3 Å². The number of rotatable bonds is 9. The van der Waals surface area contributed by atoms with Crippen molar-refractivity contribution in [2.45, 2.75) is 24.4 Å². The molecule has 0 fully saturated rings. The molecule has 0 atom stereocenters. The zero-order valence-corrected chi connectivity index (χ0v) is 17.2. The minimum Gasteiger partial charge on any atom is -0.494 e. The van der Waals surface area contributed by atoms with Crippen molar-refractivity contribution in [1.82, 2.24) is 10.6 Å². The van der Waals surface area contributed by atoms with Crippen LogP contribution < -0.4 is 15.4 Å². The van der Waals surface area contributed by atoms with Crippen LogP contribution in [0, 0.1) is 0 Å². The first kappa shape index (κ1) is 20.2. The van der Waals surface area contributed by atoms with Crippen LogP contribution >= 0.6 is 0 Å². The lowest BCUT2D eigenvalue weighted by Gasteiger charge is -2.10. The molecule has 0 unspecified atom stereocenters. The minimum absolute atomic E-state index is 0.251. The minimum atomic E-state index is -3.59. The Morgan fingerprint density at radius 3 is 2.77 bits per heavy atom. The summed E-state index contributed by atoms with van der Waals surface area (Å²) in [6.45, 7) is 2.46. The number of nitrogens with one attached hydrogen (secondary N) is 2. The van der Waals surface area contributed by atoms with E-state index >= 15 is 0 Å². The van der Waals surface area contributed by atoms with E-state index in [-0.39, 0.29) is 4.90 Å². The predicted molar refractivity (Wildman–Crippen MR) is 114 cm³/mol. The number of amidine groups is 1. The molecule has 30 heavy (non-hydrogen) atoms. The van der Waals surface area contributed by atoms with E-state index in [0.29, 0.717) is 44.1 Å². The molecule has 2 N–H and O–H groups in total. The third-order valence-corrected chi connectivity index (χ3v) is 5.96. The number of hydrogen-bond donors (Lipinski definition) is 2. The number of furan rings is 1. The van der Waals surface area contributed by atoms with Crippen molar-refractivity contribution in [2.24, 2.45) is 4.40 Å². The molecular weight excluding hydrogens is 402 g/mol. The number of fused-ring (bicyclic) bond motifs is 1. The molecule has 1 aromatic heterocycles. The quantitative estimate of drug-likeness (QED) is 0.512. The van der Waals surface area contributed by atoms with Crippen molar-refractivity contribution in [3.63, 3.8) is 0 Å². The van der Waals surface area contributed by atoms with Gasteiger partial charge in [-0.15, -0.1) is 4.40 Å². The van der Waals surface area contributed by atoms with Crippen molar-refractivity contribution in [3.05, 3.63) is 83.8 Å². The van der Waals surface area contributed by atoms with Gasteiger partial charge in [-0.25, -0.2) is 0 Å². The molecule has 2 heterocycles. The summed E-state index contributed by atoms with van der Waals surface area (Å²) >= 11 is 0. The largest absolute Gasteiger partial charge is 0.494 e. The second-order valence-electron chi connectivity index (χ2n) is 6.87. The summed E-state index contributed by atoms with van der Waals surface area (Å²) in [5, 5.41) is 6.44. The monoisotopic (exact) mass is 425 g/mol. The molecule has 0 aliphatic carbocycles. The molecule has 0 radical (unpaired) electrons. The van der Waals surface area contributed by atoms with E-state index in [9.17, 15) is 8.42 Å². The van der Waals surface area contributed by atoms with Gasteiger partial charge in [0.05, 0.1) is 19.4 Å². The van der Waals surface area contributed by atoms with Crippen LogP contribution in [0.1, 0.15) is 23.3 Å². The number of nitrogens with zero attached hydrogens (tertiary/aromatic N) is 1. The lowest BCUT2D eigenvalue weighted by Crippen LogP contribution is -2.25. The molecule has 1 aliphatic heterocycles. The second kappa shape index (κ2) is 9.15. The molecule has 0 spiro atoms. The highest BCUT2D eigenvalue weighted by molar-refractivity contribution is 7.90. The summed E-state index contributed by atoms with van der Waals surface area (Å²) in [6.07, 6.45) is 2.37. The molecule has 0 saturated heterocycles. The standard InChI is InChI=1S/C22H23N3O4S/c26-30(27)21-10-2-1-9-20(21)22(25-30)24-11-5-13-28-18-7-3-6-17(14-18)15-23-16-19-8-4-12-29-19/h1-4,6-10,12,14,23H,5,11,13,15-16H2,(H,24,25). The zero-order valence-electron chi connectivity index (χ0n) is 16.4. The Bertz CT molecular complexity index is 1120. The average Bonchev–Trinajstić information content (AvgIpc) is 3.35. The fraction of sp³-hybridized carbons (Fsp3) is 0.227. The van der Waals surface area contributed by atoms with Gasteiger partial charge in [0.2, 0.25) is 0 Å². The van der Waals surface area contributed by atoms with Crippen molar-refractivity contribution in [2.75, 3.05) is 13.2 Å². The van der Waals surface area contributed by atoms with Crippen LogP contribution in [0.15, 0.2) is 80.6 Å². The van der Waals surface area contributed by atoms with Gasteiger partial charge in [0.25, 0.3) is 10.0 Å². The highest BCUT2D eigenvalue weighted by atomic mass is 32.2. The van der Waals surface area contributed by atoms with Crippen LogP contribution in [0.25, 0.3) is 0 Å². The Morgan fingerprint density at radius 1 is 1.00 bits per heavy atom. The third kappa shape index (κ3) is 4.90. The summed E-state index contributed by atoms with van der Waals surface area (Å²) in [5.41, 5.74) is 1.74. The summed E-state index contributed by atoms with van der Waals surface area (Å²) in [7, 11) is -3.59. The second-order valence-corrected chi connectivity index (χ2v) is 8.44. The van der Waals surface area contributed by atoms with E-state index in [0.717, 1.165) is 17.1 Å². The van der Waals surface area contributed by atoms with Gasteiger partial charge in [-0.3, -0.25) is 0 Å². The van der Waals surface area contributed by atoms with Crippen molar-refractivity contribution in [3.8, 4) is 5.75 Å². The zero-order chi connectivity index (χ0) is 20.8. The molecule has 156 valence electrons. The Morgan fingerprint density at radius 2 is 1.90 bits per heavy atom. The number of sulfonamides is 1. The molecular formula is C22H23N3O4S. The number of ether oxygens (including phenoxy) is 1. The maximum absolute atomic E-state index is 12.0. The molecule has 2 aromatic carbocycles. The van der Waals surface area contributed by atoms with Crippen LogP contribution in [-0.2, 0) is 23.1 Å². The lowest BCUT2D eigenvalue weighted by molar-refractivity contribution is 0.311. The Labute approximate surface area is 175 Å². The highest BCUT2D eigenvalue weighted by Crippen LogP contribution is 2.24. The van der Waals surface area contributed by atoms with Crippen LogP contribution in [0.4, 0.5) is 0 Å². The SMILES string of the molecule is O=S1(=O)N=C(NCCCOc2cccc(CNCc3ccco3)c2)c2ccccc21. The first-order chi connectivity index (χ1) is 14.6. The fourth-order valence-corrected chi connectivity index (χ4v) is 4.39. The molecule has 7 nitrogen and oxygen atoms in total. The number of hydrogen-bond acceptors (Lipinski definition) is 6. The van der Waals surface area contributed by atoms with Crippen molar-refractivity contribution in [1.29, 1.82) is 0 Å². The van der Waals surface area contributed by atoms with E-state index < -0.39 is 10.0 Å².